The third-order valence-corrected chi connectivity index (χ3v) is 5.30. The van der Waals surface area contributed by atoms with Crippen molar-refractivity contribution in [2.24, 2.45) is 0 Å². The molecule has 0 aromatic carbocycles. The second-order valence-corrected chi connectivity index (χ2v) is 7.65. The SMILES string of the molecule is COC(=O)c1cc(B2OC(C)(C)C(C)(C)O2)cc(C2CCCCO2)n1. The van der Waals surface area contributed by atoms with Gasteiger partial charge >= 0.3 is 13.1 Å². The summed E-state index contributed by atoms with van der Waals surface area (Å²) in [4.78, 5) is 16.5. The van der Waals surface area contributed by atoms with Crippen molar-refractivity contribution in [2.75, 3.05) is 13.7 Å². The van der Waals surface area contributed by atoms with Crippen LogP contribution in [0.15, 0.2) is 12.1 Å². The number of carbonyl (C=O) groups excluding carboxylic acids is 1. The molecule has 1 aromatic heterocycles. The van der Waals surface area contributed by atoms with E-state index in [1.54, 1.807) is 6.07 Å². The Morgan fingerprint density at radius 1 is 1.20 bits per heavy atom. The lowest BCUT2D eigenvalue weighted by molar-refractivity contribution is 0.00578. The maximum absolute atomic E-state index is 12.1. The zero-order chi connectivity index (χ0) is 18.2. The molecule has 0 amide bonds. The van der Waals surface area contributed by atoms with Gasteiger partial charge in [0.1, 0.15) is 5.69 Å². The molecule has 1 atom stereocenters. The topological polar surface area (TPSA) is 66.9 Å². The molecular weight excluding hydrogens is 321 g/mol. The summed E-state index contributed by atoms with van der Waals surface area (Å²) >= 11 is 0. The van der Waals surface area contributed by atoms with Gasteiger partial charge in [-0.3, -0.25) is 0 Å². The van der Waals surface area contributed by atoms with Gasteiger partial charge in [0.05, 0.1) is 30.1 Å². The first-order valence-corrected chi connectivity index (χ1v) is 8.81. The van der Waals surface area contributed by atoms with Gasteiger partial charge in [-0.05, 0) is 64.6 Å². The van der Waals surface area contributed by atoms with E-state index in [9.17, 15) is 4.79 Å². The molecule has 0 N–H and O–H groups in total. The summed E-state index contributed by atoms with van der Waals surface area (Å²) in [6, 6.07) is 3.60. The van der Waals surface area contributed by atoms with Crippen molar-refractivity contribution in [2.45, 2.75) is 64.3 Å². The number of carbonyl (C=O) groups is 1. The smallest absolute Gasteiger partial charge is 0.464 e. The largest absolute Gasteiger partial charge is 0.494 e. The van der Waals surface area contributed by atoms with Gasteiger partial charge in [-0.25, -0.2) is 9.78 Å². The van der Waals surface area contributed by atoms with Crippen molar-refractivity contribution in [1.82, 2.24) is 4.98 Å². The summed E-state index contributed by atoms with van der Waals surface area (Å²) in [6.45, 7) is 8.71. The van der Waals surface area contributed by atoms with E-state index >= 15 is 0 Å². The van der Waals surface area contributed by atoms with Crippen LogP contribution in [0, 0.1) is 0 Å². The predicted molar refractivity (Wildman–Crippen MR) is 93.8 cm³/mol. The number of rotatable bonds is 3. The van der Waals surface area contributed by atoms with Crippen molar-refractivity contribution < 1.29 is 23.6 Å². The molecule has 2 aliphatic rings. The van der Waals surface area contributed by atoms with Crippen molar-refractivity contribution >= 4 is 18.6 Å². The van der Waals surface area contributed by atoms with Gasteiger partial charge in [0.25, 0.3) is 0 Å². The Bertz CT molecular complexity index is 639. The van der Waals surface area contributed by atoms with Gasteiger partial charge < -0.3 is 18.8 Å². The number of hydrogen-bond acceptors (Lipinski definition) is 6. The highest BCUT2D eigenvalue weighted by atomic mass is 16.7. The Morgan fingerprint density at radius 3 is 2.44 bits per heavy atom. The number of ether oxygens (including phenoxy) is 2. The lowest BCUT2D eigenvalue weighted by Crippen LogP contribution is -2.41. The van der Waals surface area contributed by atoms with Crippen LogP contribution in [0.25, 0.3) is 0 Å². The van der Waals surface area contributed by atoms with E-state index in [1.807, 2.05) is 33.8 Å². The standard InChI is InChI=1S/C18H26BNO5/c1-17(2)18(3,4)25-19(24-17)12-10-13(15-8-6-7-9-23-15)20-14(11-12)16(21)22-5/h10-11,15H,6-9H2,1-5H3. The molecule has 25 heavy (non-hydrogen) atoms. The normalized spacial score (nSPS) is 25.0. The van der Waals surface area contributed by atoms with Crippen LogP contribution in [-0.4, -0.2) is 43.0 Å². The number of hydrogen-bond donors (Lipinski definition) is 0. The Morgan fingerprint density at radius 2 is 1.88 bits per heavy atom. The third kappa shape index (κ3) is 3.59. The van der Waals surface area contributed by atoms with Gasteiger partial charge in [-0.1, -0.05) is 0 Å². The molecule has 1 aromatic rings. The van der Waals surface area contributed by atoms with Crippen LogP contribution in [0.4, 0.5) is 0 Å². The molecule has 0 aliphatic carbocycles. The zero-order valence-corrected chi connectivity index (χ0v) is 15.6. The first-order chi connectivity index (χ1) is 11.7. The van der Waals surface area contributed by atoms with Crippen molar-refractivity contribution in [3.8, 4) is 0 Å². The summed E-state index contributed by atoms with van der Waals surface area (Å²) < 4.78 is 22.9. The Kier molecular flexibility index (Phi) is 4.92. The Hall–Kier alpha value is -1.44. The molecule has 2 fully saturated rings. The summed E-state index contributed by atoms with van der Waals surface area (Å²) in [5.41, 5.74) is 0.839. The average molecular weight is 347 g/mol. The summed E-state index contributed by atoms with van der Waals surface area (Å²) in [7, 11) is 0.793. The van der Waals surface area contributed by atoms with E-state index < -0.39 is 24.3 Å². The third-order valence-electron chi connectivity index (χ3n) is 5.30. The second-order valence-electron chi connectivity index (χ2n) is 7.65. The van der Waals surface area contributed by atoms with Crippen LogP contribution in [0.2, 0.25) is 0 Å². The molecule has 0 radical (unpaired) electrons. The van der Waals surface area contributed by atoms with E-state index in [0.29, 0.717) is 6.61 Å². The Balaban J connectivity index is 1.97. The lowest BCUT2D eigenvalue weighted by atomic mass is 9.78. The van der Waals surface area contributed by atoms with Crippen LogP contribution in [0.5, 0.6) is 0 Å². The Labute approximate surface area is 149 Å². The summed E-state index contributed by atoms with van der Waals surface area (Å²) in [5, 5.41) is 0. The van der Waals surface area contributed by atoms with Gasteiger partial charge in [-0.2, -0.15) is 0 Å². The minimum Gasteiger partial charge on any atom is -0.464 e. The second kappa shape index (κ2) is 6.70. The maximum Gasteiger partial charge on any atom is 0.494 e. The van der Waals surface area contributed by atoms with Crippen LogP contribution < -0.4 is 5.46 Å². The number of esters is 1. The molecule has 2 saturated heterocycles. The molecule has 0 bridgehead atoms. The van der Waals surface area contributed by atoms with E-state index in [0.717, 1.165) is 30.4 Å². The molecule has 1 unspecified atom stereocenters. The molecule has 3 rings (SSSR count). The van der Waals surface area contributed by atoms with Crippen LogP contribution in [0.3, 0.4) is 0 Å². The molecule has 2 aliphatic heterocycles. The van der Waals surface area contributed by atoms with E-state index in [2.05, 4.69) is 4.98 Å². The van der Waals surface area contributed by atoms with Crippen molar-refractivity contribution in [3.05, 3.63) is 23.5 Å². The van der Waals surface area contributed by atoms with Gasteiger partial charge in [-0.15, -0.1) is 0 Å². The average Bonchev–Trinajstić information content (AvgIpc) is 2.82. The monoisotopic (exact) mass is 347 g/mol. The van der Waals surface area contributed by atoms with E-state index in [4.69, 9.17) is 18.8 Å². The number of pyridine rings is 1. The predicted octanol–water partition coefficient (Wildman–Crippen LogP) is 2.41. The minimum atomic E-state index is -0.557. The fraction of sp³-hybridized carbons (Fsp3) is 0.667. The van der Waals surface area contributed by atoms with Crippen LogP contribution >= 0.6 is 0 Å². The van der Waals surface area contributed by atoms with E-state index in [1.165, 1.54) is 7.11 Å². The highest BCUT2D eigenvalue weighted by molar-refractivity contribution is 6.62. The fourth-order valence-corrected chi connectivity index (χ4v) is 3.04. The quantitative estimate of drug-likeness (QED) is 0.618. The van der Waals surface area contributed by atoms with E-state index in [-0.39, 0.29) is 11.8 Å². The molecule has 0 saturated carbocycles. The van der Waals surface area contributed by atoms with Crippen LogP contribution in [0.1, 0.15) is 69.2 Å². The summed E-state index contributed by atoms with van der Waals surface area (Å²) in [6.07, 6.45) is 2.91. The number of aromatic nitrogens is 1. The molecule has 6 nitrogen and oxygen atoms in total. The fourth-order valence-electron chi connectivity index (χ4n) is 3.04. The molecule has 7 heteroatoms. The number of methoxy groups -OCH3 is 1. The number of nitrogens with zero attached hydrogens (tertiary/aromatic N) is 1. The first-order valence-electron chi connectivity index (χ1n) is 8.81. The molecule has 0 spiro atoms. The molecule has 136 valence electrons. The lowest BCUT2D eigenvalue weighted by Gasteiger charge is -2.32. The highest BCUT2D eigenvalue weighted by Gasteiger charge is 2.52. The van der Waals surface area contributed by atoms with Crippen molar-refractivity contribution in [1.29, 1.82) is 0 Å². The zero-order valence-electron chi connectivity index (χ0n) is 15.6. The van der Waals surface area contributed by atoms with Crippen molar-refractivity contribution in [3.63, 3.8) is 0 Å². The first kappa shape index (κ1) is 18.4. The molecule has 3 heterocycles. The van der Waals surface area contributed by atoms with Crippen LogP contribution in [-0.2, 0) is 18.8 Å². The highest BCUT2D eigenvalue weighted by Crippen LogP contribution is 2.36. The summed E-state index contributed by atoms with van der Waals surface area (Å²) in [5.74, 6) is -0.476. The maximum atomic E-state index is 12.1. The van der Waals surface area contributed by atoms with Gasteiger partial charge in [0.15, 0.2) is 0 Å². The van der Waals surface area contributed by atoms with Gasteiger partial charge in [0, 0.05) is 6.61 Å². The molecular formula is C18H26BNO5. The van der Waals surface area contributed by atoms with Gasteiger partial charge in [0.2, 0.25) is 0 Å². The minimum absolute atomic E-state index is 0.112.